The van der Waals surface area contributed by atoms with Gasteiger partial charge in [-0.2, -0.15) is 0 Å². The molecular formula is C35H44ClFN8O3. The molecule has 13 heteroatoms. The normalized spacial score (nSPS) is 19.5. The van der Waals surface area contributed by atoms with Gasteiger partial charge >= 0.3 is 0 Å². The third-order valence-corrected chi connectivity index (χ3v) is 9.84. The largest absolute Gasteiger partial charge is 0.494 e. The van der Waals surface area contributed by atoms with Gasteiger partial charge in [0.2, 0.25) is 5.91 Å². The van der Waals surface area contributed by atoms with E-state index in [2.05, 4.69) is 55.7 Å². The quantitative estimate of drug-likeness (QED) is 0.248. The van der Waals surface area contributed by atoms with Crippen molar-refractivity contribution in [2.24, 2.45) is 0 Å². The highest BCUT2D eigenvalue weighted by Gasteiger charge is 2.32. The maximum absolute atomic E-state index is 14.9. The van der Waals surface area contributed by atoms with Crippen molar-refractivity contribution in [2.45, 2.75) is 51.2 Å². The molecule has 0 bridgehead atoms. The minimum Gasteiger partial charge on any atom is -0.494 e. The Kier molecular flexibility index (Phi) is 10.6. The number of ether oxygens (including phenoxy) is 1. The number of amides is 1. The molecule has 6 rings (SSSR count). The van der Waals surface area contributed by atoms with Gasteiger partial charge in [0.05, 0.1) is 41.8 Å². The van der Waals surface area contributed by atoms with Gasteiger partial charge in [0, 0.05) is 75.5 Å². The fraction of sp³-hybridized carbons (Fsp3) is 0.457. The van der Waals surface area contributed by atoms with Crippen LogP contribution in [0.3, 0.4) is 0 Å². The summed E-state index contributed by atoms with van der Waals surface area (Å²) in [6.45, 7) is 14.7. The van der Waals surface area contributed by atoms with Crippen LogP contribution < -0.4 is 25.3 Å². The van der Waals surface area contributed by atoms with Crippen molar-refractivity contribution in [3.05, 3.63) is 71.8 Å². The lowest BCUT2D eigenvalue weighted by atomic mass is 10.0. The van der Waals surface area contributed by atoms with Crippen LogP contribution >= 0.6 is 11.6 Å². The molecule has 1 amide bonds. The van der Waals surface area contributed by atoms with Crippen molar-refractivity contribution in [1.82, 2.24) is 19.8 Å². The molecule has 0 spiro atoms. The van der Waals surface area contributed by atoms with Crippen LogP contribution in [0.25, 0.3) is 0 Å². The molecule has 2 N–H and O–H groups in total. The molecule has 2 aromatic carbocycles. The van der Waals surface area contributed by atoms with E-state index in [0.717, 1.165) is 57.8 Å². The third kappa shape index (κ3) is 7.36. The summed E-state index contributed by atoms with van der Waals surface area (Å²) in [5, 5.41) is 7.97. The van der Waals surface area contributed by atoms with Gasteiger partial charge < -0.3 is 20.3 Å². The molecule has 0 unspecified atom stereocenters. The third-order valence-electron chi connectivity index (χ3n) is 9.55. The molecule has 3 aromatic rings. The summed E-state index contributed by atoms with van der Waals surface area (Å²) in [5.41, 5.74) is 2.56. The van der Waals surface area contributed by atoms with Gasteiger partial charge in [0.1, 0.15) is 23.7 Å². The van der Waals surface area contributed by atoms with Crippen LogP contribution in [0.15, 0.2) is 55.4 Å². The molecule has 3 aliphatic rings. The predicted molar refractivity (Wildman–Crippen MR) is 188 cm³/mol. The van der Waals surface area contributed by atoms with Gasteiger partial charge in [-0.25, -0.2) is 19.4 Å². The van der Waals surface area contributed by atoms with Crippen LogP contribution in [0.2, 0.25) is 5.02 Å². The molecule has 1 atom stereocenters. The summed E-state index contributed by atoms with van der Waals surface area (Å²) < 4.78 is 20.8. The number of nitrogens with zero attached hydrogens (tertiary/aromatic N) is 6. The Bertz CT molecular complexity index is 1610. The van der Waals surface area contributed by atoms with Gasteiger partial charge in [-0.3, -0.25) is 19.4 Å². The van der Waals surface area contributed by atoms with Crippen molar-refractivity contribution in [2.75, 3.05) is 73.6 Å². The fourth-order valence-corrected chi connectivity index (χ4v) is 7.08. The first-order valence-electron chi connectivity index (χ1n) is 16.6. The number of rotatable bonds is 10. The van der Waals surface area contributed by atoms with Crippen molar-refractivity contribution >= 4 is 46.2 Å². The molecule has 0 saturated carbocycles. The average molecular weight is 679 g/mol. The first-order valence-corrected chi connectivity index (χ1v) is 17.0. The van der Waals surface area contributed by atoms with Crippen LogP contribution in [0.4, 0.5) is 33.1 Å². The number of nitrogens with one attached hydrogen (secondary N) is 2. The highest BCUT2D eigenvalue weighted by molar-refractivity contribution is 6.30. The summed E-state index contributed by atoms with van der Waals surface area (Å²) in [4.78, 5) is 34.8. The number of benzene rings is 2. The second-order valence-electron chi connectivity index (χ2n) is 12.6. The lowest BCUT2D eigenvalue weighted by Crippen LogP contribution is -2.54. The van der Waals surface area contributed by atoms with E-state index >= 15 is 0 Å². The van der Waals surface area contributed by atoms with Gasteiger partial charge in [-0.15, -0.1) is 0 Å². The summed E-state index contributed by atoms with van der Waals surface area (Å²) in [5.74, 6) is 0.731. The topological polar surface area (TPSA) is 98.3 Å². The highest BCUT2D eigenvalue weighted by atomic mass is 35.5. The van der Waals surface area contributed by atoms with E-state index in [1.165, 1.54) is 18.5 Å². The Balaban J connectivity index is 1.21. The number of carbonyl (C=O) groups is 1. The Morgan fingerprint density at radius 1 is 1.08 bits per heavy atom. The zero-order valence-corrected chi connectivity index (χ0v) is 28.5. The fourth-order valence-electron chi connectivity index (χ4n) is 6.90. The van der Waals surface area contributed by atoms with Crippen molar-refractivity contribution in [3.8, 4) is 5.75 Å². The zero-order chi connectivity index (χ0) is 33.8. The summed E-state index contributed by atoms with van der Waals surface area (Å²) in [6, 6.07) is 11.2. The first-order chi connectivity index (χ1) is 23.2. The maximum atomic E-state index is 14.9. The molecule has 48 heavy (non-hydrogen) atoms. The smallest absolute Gasteiger partial charge is 0.247 e. The Morgan fingerprint density at radius 3 is 2.56 bits per heavy atom. The molecule has 3 saturated heterocycles. The monoisotopic (exact) mass is 678 g/mol. The molecule has 0 aliphatic carbocycles. The lowest BCUT2D eigenvalue weighted by molar-refractivity contribution is -0.111. The van der Waals surface area contributed by atoms with Gasteiger partial charge in [-0.1, -0.05) is 30.3 Å². The Labute approximate surface area is 286 Å². The van der Waals surface area contributed by atoms with E-state index in [-0.39, 0.29) is 10.9 Å². The lowest BCUT2D eigenvalue weighted by Gasteiger charge is -2.44. The molecule has 11 nitrogen and oxygen atoms in total. The average Bonchev–Trinajstić information content (AvgIpc) is 3.60. The van der Waals surface area contributed by atoms with Crippen LogP contribution in [0, 0.1) is 5.82 Å². The summed E-state index contributed by atoms with van der Waals surface area (Å²) in [7, 11) is 1.61. The number of halogens is 2. The Morgan fingerprint density at radius 2 is 1.85 bits per heavy atom. The van der Waals surface area contributed by atoms with E-state index in [9.17, 15) is 9.18 Å². The van der Waals surface area contributed by atoms with E-state index in [0.29, 0.717) is 59.4 Å². The van der Waals surface area contributed by atoms with Crippen LogP contribution in [0.1, 0.15) is 44.7 Å². The zero-order valence-electron chi connectivity index (χ0n) is 27.8. The first kappa shape index (κ1) is 33.9. The predicted octanol–water partition coefficient (Wildman–Crippen LogP) is 6.02. The van der Waals surface area contributed by atoms with Crippen molar-refractivity contribution < 1.29 is 18.8 Å². The number of piperidine rings is 1. The number of aromatic nitrogens is 2. The number of methoxy groups -OCH3 is 1. The van der Waals surface area contributed by atoms with Crippen LogP contribution in [-0.4, -0.2) is 90.7 Å². The van der Waals surface area contributed by atoms with Crippen LogP contribution in [0.5, 0.6) is 5.75 Å². The Hall–Kier alpha value is -3.97. The van der Waals surface area contributed by atoms with Crippen LogP contribution in [-0.2, 0) is 9.63 Å². The van der Waals surface area contributed by atoms with E-state index in [1.807, 2.05) is 12.1 Å². The minimum absolute atomic E-state index is 0.0591. The number of piperazine rings is 1. The number of anilines is 5. The minimum atomic E-state index is -0.473. The summed E-state index contributed by atoms with van der Waals surface area (Å²) in [6.07, 6.45) is 5.33. The second-order valence-corrected chi connectivity index (χ2v) is 13.0. The number of carbonyl (C=O) groups excluding carboxylic acids is 1. The van der Waals surface area contributed by atoms with Gasteiger partial charge in [0.25, 0.3) is 0 Å². The highest BCUT2D eigenvalue weighted by Crippen LogP contribution is 2.41. The van der Waals surface area contributed by atoms with E-state index < -0.39 is 11.9 Å². The SMILES string of the molecule is C=CC(=O)Nc1cc(Nc2cc(N3OCC[C@@H]3c3cccc(Cl)c3F)ncn2)c(OC)cc1N1CCC(N2CCN(C(C)C)CC2)CC1. The number of hydrogen-bond acceptors (Lipinski definition) is 10. The number of hydrogen-bond donors (Lipinski definition) is 2. The standard InChI is InChI=1S/C35H44ClFN8O3/c1-5-34(46)41-27-19-28(31(47-4)20-30(27)44-12-9-24(10-13-44)43-16-14-42(15-17-43)23(2)3)40-32-21-33(39-22-38-32)45-29(11-18-48-45)25-7-6-8-26(36)35(25)37/h5-8,19-24,29H,1,9-18H2,2-4H3,(H,41,46)(H,38,39,40)/t29-/m1/s1. The van der Waals surface area contributed by atoms with Gasteiger partial charge in [0.15, 0.2) is 5.82 Å². The molecule has 256 valence electrons. The van der Waals surface area contributed by atoms with Crippen molar-refractivity contribution in [1.29, 1.82) is 0 Å². The molecule has 4 heterocycles. The molecule has 1 aromatic heterocycles. The van der Waals surface area contributed by atoms with E-state index in [1.54, 1.807) is 30.4 Å². The number of hydroxylamine groups is 1. The molecular weight excluding hydrogens is 635 g/mol. The maximum Gasteiger partial charge on any atom is 0.247 e. The van der Waals surface area contributed by atoms with Crippen molar-refractivity contribution in [3.63, 3.8) is 0 Å². The molecule has 3 fully saturated rings. The van der Waals surface area contributed by atoms with Gasteiger partial charge in [-0.05, 0) is 44.9 Å². The molecule has 0 radical (unpaired) electrons. The summed E-state index contributed by atoms with van der Waals surface area (Å²) >= 11 is 6.08. The van der Waals surface area contributed by atoms with E-state index in [4.69, 9.17) is 21.2 Å². The second kappa shape index (κ2) is 15.1. The molecule has 3 aliphatic heterocycles.